The maximum atomic E-state index is 12.0. The van der Waals surface area contributed by atoms with Crippen molar-refractivity contribution in [1.82, 2.24) is 20.4 Å². The van der Waals surface area contributed by atoms with Crippen molar-refractivity contribution in [2.24, 2.45) is 0 Å². The normalized spacial score (nSPS) is 14.3. The van der Waals surface area contributed by atoms with Crippen molar-refractivity contribution in [3.63, 3.8) is 0 Å². The van der Waals surface area contributed by atoms with Crippen LogP contribution in [-0.2, 0) is 0 Å². The standard InChI is InChI=1S/C15H19N7O/c16-12-13(20-21-15(23)11-4-6-17-7-5-11)18-10-19-14(12)22-8-2-1-3-9-22/h4-7,10H,1-3,8-9,16H2,(H,21,23)(H,18,19,20). The Kier molecular flexibility index (Phi) is 4.51. The fourth-order valence-corrected chi connectivity index (χ4v) is 2.54. The van der Waals surface area contributed by atoms with Gasteiger partial charge in [-0.05, 0) is 31.4 Å². The van der Waals surface area contributed by atoms with E-state index < -0.39 is 0 Å². The van der Waals surface area contributed by atoms with E-state index in [1.165, 1.54) is 12.7 Å². The van der Waals surface area contributed by atoms with E-state index in [1.54, 1.807) is 24.5 Å². The molecule has 0 aromatic carbocycles. The molecule has 3 rings (SSSR count). The number of hydrazine groups is 1. The second-order valence-electron chi connectivity index (χ2n) is 5.32. The number of anilines is 3. The highest BCUT2D eigenvalue weighted by Crippen LogP contribution is 2.27. The molecule has 2 aromatic rings. The van der Waals surface area contributed by atoms with Gasteiger partial charge in [-0.15, -0.1) is 0 Å². The second kappa shape index (κ2) is 6.91. The second-order valence-corrected chi connectivity index (χ2v) is 5.32. The highest BCUT2D eigenvalue weighted by Gasteiger charge is 2.17. The van der Waals surface area contributed by atoms with E-state index in [1.807, 2.05) is 0 Å². The predicted molar refractivity (Wildman–Crippen MR) is 87.8 cm³/mol. The van der Waals surface area contributed by atoms with Crippen LogP contribution in [0.2, 0.25) is 0 Å². The number of amides is 1. The first-order valence-electron chi connectivity index (χ1n) is 7.57. The summed E-state index contributed by atoms with van der Waals surface area (Å²) < 4.78 is 0. The van der Waals surface area contributed by atoms with E-state index >= 15 is 0 Å². The van der Waals surface area contributed by atoms with Crippen LogP contribution in [0.5, 0.6) is 0 Å². The van der Waals surface area contributed by atoms with E-state index in [9.17, 15) is 4.79 Å². The number of pyridine rings is 1. The van der Waals surface area contributed by atoms with Crippen LogP contribution in [0.25, 0.3) is 0 Å². The van der Waals surface area contributed by atoms with Gasteiger partial charge in [-0.3, -0.25) is 20.6 Å². The Morgan fingerprint density at radius 2 is 1.87 bits per heavy atom. The van der Waals surface area contributed by atoms with E-state index in [-0.39, 0.29) is 5.91 Å². The Bertz CT molecular complexity index is 671. The van der Waals surface area contributed by atoms with Gasteiger partial charge < -0.3 is 10.6 Å². The molecule has 0 radical (unpaired) electrons. The van der Waals surface area contributed by atoms with E-state index in [0.29, 0.717) is 22.9 Å². The summed E-state index contributed by atoms with van der Waals surface area (Å²) in [6.07, 6.45) is 8.05. The molecule has 1 saturated heterocycles. The lowest BCUT2D eigenvalue weighted by Crippen LogP contribution is -2.33. The van der Waals surface area contributed by atoms with Gasteiger partial charge in [0.15, 0.2) is 11.6 Å². The van der Waals surface area contributed by atoms with Crippen molar-refractivity contribution in [3.8, 4) is 0 Å². The number of carbonyl (C=O) groups excluding carboxylic acids is 1. The minimum atomic E-state index is -0.287. The third-order valence-electron chi connectivity index (χ3n) is 3.76. The third-order valence-corrected chi connectivity index (χ3v) is 3.76. The molecular formula is C15H19N7O. The van der Waals surface area contributed by atoms with Crippen molar-refractivity contribution < 1.29 is 4.79 Å². The summed E-state index contributed by atoms with van der Waals surface area (Å²) in [7, 11) is 0. The van der Waals surface area contributed by atoms with Crippen molar-refractivity contribution in [2.75, 3.05) is 29.1 Å². The van der Waals surface area contributed by atoms with Gasteiger partial charge in [0, 0.05) is 31.0 Å². The predicted octanol–water partition coefficient (Wildman–Crippen LogP) is 1.20. The zero-order valence-electron chi connectivity index (χ0n) is 12.7. The number of piperidine rings is 1. The first-order valence-corrected chi connectivity index (χ1v) is 7.57. The zero-order valence-corrected chi connectivity index (χ0v) is 12.7. The van der Waals surface area contributed by atoms with Crippen LogP contribution in [-0.4, -0.2) is 33.9 Å². The smallest absolute Gasteiger partial charge is 0.269 e. The van der Waals surface area contributed by atoms with E-state index in [4.69, 9.17) is 5.73 Å². The fourth-order valence-electron chi connectivity index (χ4n) is 2.54. The lowest BCUT2D eigenvalue weighted by molar-refractivity contribution is 0.0962. The number of hydrogen-bond acceptors (Lipinski definition) is 7. The van der Waals surface area contributed by atoms with E-state index in [0.717, 1.165) is 25.9 Å². The molecule has 4 N–H and O–H groups in total. The van der Waals surface area contributed by atoms with Crippen molar-refractivity contribution in [1.29, 1.82) is 0 Å². The molecule has 0 spiro atoms. The molecule has 8 heteroatoms. The molecule has 1 aliphatic heterocycles. The van der Waals surface area contributed by atoms with Gasteiger partial charge in [-0.2, -0.15) is 0 Å². The molecule has 23 heavy (non-hydrogen) atoms. The summed E-state index contributed by atoms with van der Waals surface area (Å²) in [4.78, 5) is 26.4. The number of nitrogens with two attached hydrogens (primary N) is 1. The van der Waals surface area contributed by atoms with Crippen LogP contribution in [0.4, 0.5) is 17.3 Å². The molecule has 8 nitrogen and oxygen atoms in total. The summed E-state index contributed by atoms with van der Waals surface area (Å²) >= 11 is 0. The number of rotatable bonds is 4. The van der Waals surface area contributed by atoms with Crippen LogP contribution < -0.4 is 21.5 Å². The Hall–Kier alpha value is -2.90. The summed E-state index contributed by atoms with van der Waals surface area (Å²) in [5.74, 6) is 0.813. The molecule has 1 fully saturated rings. The molecule has 1 amide bonds. The van der Waals surface area contributed by atoms with Crippen LogP contribution in [0.1, 0.15) is 29.6 Å². The van der Waals surface area contributed by atoms with Crippen LogP contribution in [0.3, 0.4) is 0 Å². The van der Waals surface area contributed by atoms with Gasteiger partial charge in [-0.25, -0.2) is 9.97 Å². The first kappa shape index (κ1) is 15.0. The van der Waals surface area contributed by atoms with E-state index in [2.05, 4.69) is 30.7 Å². The van der Waals surface area contributed by atoms with Crippen LogP contribution >= 0.6 is 0 Å². The molecule has 0 bridgehead atoms. The van der Waals surface area contributed by atoms with Crippen LogP contribution in [0, 0.1) is 0 Å². The maximum Gasteiger partial charge on any atom is 0.269 e. The number of carbonyl (C=O) groups is 1. The summed E-state index contributed by atoms with van der Waals surface area (Å²) in [6.45, 7) is 1.87. The Morgan fingerprint density at radius 1 is 1.13 bits per heavy atom. The Balaban J connectivity index is 1.69. The number of aromatic nitrogens is 3. The summed E-state index contributed by atoms with van der Waals surface area (Å²) in [5, 5.41) is 0. The average Bonchev–Trinajstić information content (AvgIpc) is 2.62. The molecule has 2 aromatic heterocycles. The van der Waals surface area contributed by atoms with Crippen LogP contribution in [0.15, 0.2) is 30.9 Å². The minimum absolute atomic E-state index is 0.287. The monoisotopic (exact) mass is 313 g/mol. The molecule has 1 aliphatic rings. The molecule has 0 saturated carbocycles. The lowest BCUT2D eigenvalue weighted by atomic mass is 10.1. The highest BCUT2D eigenvalue weighted by molar-refractivity contribution is 5.95. The highest BCUT2D eigenvalue weighted by atomic mass is 16.2. The first-order chi connectivity index (χ1) is 11.3. The Morgan fingerprint density at radius 3 is 2.61 bits per heavy atom. The molecular weight excluding hydrogens is 294 g/mol. The van der Waals surface area contributed by atoms with Crippen molar-refractivity contribution >= 4 is 23.2 Å². The SMILES string of the molecule is Nc1c(NNC(=O)c2ccncc2)ncnc1N1CCCCC1. The Labute approximate surface area is 134 Å². The van der Waals surface area contributed by atoms with Gasteiger partial charge in [0.2, 0.25) is 0 Å². The van der Waals surface area contributed by atoms with Gasteiger partial charge >= 0.3 is 0 Å². The lowest BCUT2D eigenvalue weighted by Gasteiger charge is -2.28. The quantitative estimate of drug-likeness (QED) is 0.728. The number of nitrogens with zero attached hydrogens (tertiary/aromatic N) is 4. The van der Waals surface area contributed by atoms with Gasteiger partial charge in [-0.1, -0.05) is 0 Å². The number of nitrogens with one attached hydrogen (secondary N) is 2. The summed E-state index contributed by atoms with van der Waals surface area (Å²) in [6, 6.07) is 3.25. The number of hydrogen-bond donors (Lipinski definition) is 3. The fraction of sp³-hybridized carbons (Fsp3) is 0.333. The maximum absolute atomic E-state index is 12.0. The van der Waals surface area contributed by atoms with Gasteiger partial charge in [0.25, 0.3) is 5.91 Å². The summed E-state index contributed by atoms with van der Waals surface area (Å²) in [5.41, 5.74) is 12.4. The third kappa shape index (κ3) is 3.47. The average molecular weight is 313 g/mol. The molecule has 0 atom stereocenters. The number of nitrogen functional groups attached to an aromatic ring is 1. The van der Waals surface area contributed by atoms with Gasteiger partial charge in [0.05, 0.1) is 0 Å². The molecule has 3 heterocycles. The zero-order chi connectivity index (χ0) is 16.1. The molecule has 120 valence electrons. The van der Waals surface area contributed by atoms with Crippen molar-refractivity contribution in [3.05, 3.63) is 36.4 Å². The minimum Gasteiger partial charge on any atom is -0.393 e. The topological polar surface area (TPSA) is 109 Å². The van der Waals surface area contributed by atoms with Crippen molar-refractivity contribution in [2.45, 2.75) is 19.3 Å². The molecule has 0 aliphatic carbocycles. The largest absolute Gasteiger partial charge is 0.393 e. The van der Waals surface area contributed by atoms with Gasteiger partial charge in [0.1, 0.15) is 12.0 Å². The molecule has 0 unspecified atom stereocenters.